The SMILES string of the molecule is CCc1cccc(C(CN(C)C(=O)O)C(=O)N2CC3=CN(S(=O)(=O)c4ccc5c(c4)OCCO5)CC3C2)c1. The summed E-state index contributed by atoms with van der Waals surface area (Å²) in [7, 11) is -2.35. The molecule has 2 amide bonds. The van der Waals surface area contributed by atoms with E-state index in [0.29, 0.717) is 37.8 Å². The van der Waals surface area contributed by atoms with Gasteiger partial charge >= 0.3 is 6.09 Å². The normalized spacial score (nSPS) is 19.1. The molecule has 5 rings (SSSR count). The monoisotopic (exact) mass is 541 g/mol. The fourth-order valence-corrected chi connectivity index (χ4v) is 6.57. The molecule has 1 saturated heterocycles. The second kappa shape index (κ2) is 10.2. The van der Waals surface area contributed by atoms with Crippen molar-refractivity contribution in [1.82, 2.24) is 14.1 Å². The lowest BCUT2D eigenvalue weighted by molar-refractivity contribution is -0.132. The Morgan fingerprint density at radius 3 is 2.58 bits per heavy atom. The number of aryl methyl sites for hydroxylation is 1. The summed E-state index contributed by atoms with van der Waals surface area (Å²) < 4.78 is 39.1. The first-order valence-corrected chi connectivity index (χ1v) is 14.0. The zero-order chi connectivity index (χ0) is 27.0. The van der Waals surface area contributed by atoms with Crippen LogP contribution in [0.25, 0.3) is 0 Å². The van der Waals surface area contributed by atoms with Crippen LogP contribution in [0.5, 0.6) is 11.5 Å². The summed E-state index contributed by atoms with van der Waals surface area (Å²) in [6.45, 7) is 3.76. The number of carboxylic acid groups (broad SMARTS) is 1. The average molecular weight is 542 g/mol. The Bertz CT molecular complexity index is 1390. The molecule has 11 heteroatoms. The van der Waals surface area contributed by atoms with Crippen molar-refractivity contribution in [2.75, 3.05) is 46.4 Å². The molecule has 0 spiro atoms. The number of ether oxygens (including phenoxy) is 2. The van der Waals surface area contributed by atoms with E-state index in [1.54, 1.807) is 17.2 Å². The Morgan fingerprint density at radius 1 is 1.11 bits per heavy atom. The highest BCUT2D eigenvalue weighted by atomic mass is 32.2. The van der Waals surface area contributed by atoms with Gasteiger partial charge in [0.15, 0.2) is 11.5 Å². The summed E-state index contributed by atoms with van der Waals surface area (Å²) in [5.74, 6) is -0.00698. The van der Waals surface area contributed by atoms with E-state index in [2.05, 4.69) is 0 Å². The maximum absolute atomic E-state index is 13.7. The van der Waals surface area contributed by atoms with Gasteiger partial charge in [-0.15, -0.1) is 0 Å². The van der Waals surface area contributed by atoms with E-state index in [9.17, 15) is 23.1 Å². The molecule has 1 N–H and O–H groups in total. The number of benzene rings is 2. The zero-order valence-electron chi connectivity index (χ0n) is 21.4. The molecule has 0 aliphatic carbocycles. The number of fused-ring (bicyclic) bond motifs is 2. The quantitative estimate of drug-likeness (QED) is 0.573. The smallest absolute Gasteiger partial charge is 0.407 e. The molecular weight excluding hydrogens is 510 g/mol. The van der Waals surface area contributed by atoms with Crippen LogP contribution in [0.1, 0.15) is 24.0 Å². The van der Waals surface area contributed by atoms with Gasteiger partial charge < -0.3 is 24.4 Å². The van der Waals surface area contributed by atoms with Crippen molar-refractivity contribution in [3.05, 3.63) is 65.4 Å². The van der Waals surface area contributed by atoms with E-state index in [1.165, 1.54) is 23.5 Å². The molecule has 1 fully saturated rings. The lowest BCUT2D eigenvalue weighted by Crippen LogP contribution is -2.40. The molecule has 2 aromatic rings. The highest BCUT2D eigenvalue weighted by Gasteiger charge is 2.41. The maximum Gasteiger partial charge on any atom is 0.407 e. The molecule has 3 heterocycles. The highest BCUT2D eigenvalue weighted by Crippen LogP contribution is 2.37. The number of rotatable bonds is 7. The first-order valence-electron chi connectivity index (χ1n) is 12.6. The Balaban J connectivity index is 1.34. The molecule has 3 aliphatic heterocycles. The predicted octanol–water partition coefficient (Wildman–Crippen LogP) is 2.76. The number of nitrogens with zero attached hydrogens (tertiary/aromatic N) is 3. The first-order chi connectivity index (χ1) is 18.2. The van der Waals surface area contributed by atoms with Crippen molar-refractivity contribution in [1.29, 1.82) is 0 Å². The molecule has 2 atom stereocenters. The van der Waals surface area contributed by atoms with Crippen molar-refractivity contribution in [2.24, 2.45) is 5.92 Å². The molecule has 2 aromatic carbocycles. The summed E-state index contributed by atoms with van der Waals surface area (Å²) in [5, 5.41) is 9.44. The number of hydrogen-bond donors (Lipinski definition) is 1. The van der Waals surface area contributed by atoms with Crippen molar-refractivity contribution in [2.45, 2.75) is 24.2 Å². The maximum atomic E-state index is 13.7. The minimum absolute atomic E-state index is 0.0339. The van der Waals surface area contributed by atoms with Crippen molar-refractivity contribution < 1.29 is 32.6 Å². The number of sulfonamides is 1. The molecule has 0 saturated carbocycles. The Labute approximate surface area is 222 Å². The van der Waals surface area contributed by atoms with E-state index in [0.717, 1.165) is 28.0 Å². The number of likely N-dealkylation sites (N-methyl/N-ethyl adjacent to an activating group) is 1. The van der Waals surface area contributed by atoms with Crippen LogP contribution >= 0.6 is 0 Å². The molecule has 10 nitrogen and oxygen atoms in total. The van der Waals surface area contributed by atoms with Gasteiger partial charge in [-0.1, -0.05) is 31.2 Å². The fraction of sp³-hybridized carbons (Fsp3) is 0.407. The minimum atomic E-state index is -3.80. The lowest BCUT2D eigenvalue weighted by atomic mass is 9.94. The van der Waals surface area contributed by atoms with E-state index in [-0.39, 0.29) is 29.8 Å². The summed E-state index contributed by atoms with van der Waals surface area (Å²) in [4.78, 5) is 28.2. The van der Waals surface area contributed by atoms with Crippen LogP contribution in [-0.2, 0) is 21.2 Å². The van der Waals surface area contributed by atoms with Gasteiger partial charge in [-0.25, -0.2) is 13.2 Å². The van der Waals surface area contributed by atoms with Gasteiger partial charge in [-0.2, -0.15) is 0 Å². The van der Waals surface area contributed by atoms with E-state index in [1.807, 2.05) is 31.2 Å². The van der Waals surface area contributed by atoms with Crippen LogP contribution < -0.4 is 9.47 Å². The van der Waals surface area contributed by atoms with Gasteiger partial charge in [0.1, 0.15) is 13.2 Å². The van der Waals surface area contributed by atoms with Crippen molar-refractivity contribution in [3.8, 4) is 11.5 Å². The summed E-state index contributed by atoms with van der Waals surface area (Å²) in [6, 6.07) is 12.3. The Morgan fingerprint density at radius 2 is 1.87 bits per heavy atom. The third-order valence-electron chi connectivity index (χ3n) is 7.32. The molecule has 0 aromatic heterocycles. The van der Waals surface area contributed by atoms with E-state index in [4.69, 9.17) is 9.47 Å². The van der Waals surface area contributed by atoms with Crippen molar-refractivity contribution in [3.63, 3.8) is 0 Å². The summed E-state index contributed by atoms with van der Waals surface area (Å²) in [5.41, 5.74) is 2.71. The molecule has 3 aliphatic rings. The number of hydrogen-bond acceptors (Lipinski definition) is 6. The fourth-order valence-electron chi connectivity index (χ4n) is 5.16. The average Bonchev–Trinajstić information content (AvgIpc) is 3.51. The van der Waals surface area contributed by atoms with Crippen LogP contribution in [0.2, 0.25) is 0 Å². The Kier molecular flexibility index (Phi) is 6.95. The predicted molar refractivity (Wildman–Crippen MR) is 139 cm³/mol. The summed E-state index contributed by atoms with van der Waals surface area (Å²) in [6.07, 6.45) is 1.33. The minimum Gasteiger partial charge on any atom is -0.486 e. The van der Waals surface area contributed by atoms with Crippen molar-refractivity contribution >= 4 is 22.0 Å². The van der Waals surface area contributed by atoms with Gasteiger partial charge in [0.05, 0.1) is 10.8 Å². The third-order valence-corrected chi connectivity index (χ3v) is 9.04. The molecule has 2 unspecified atom stereocenters. The largest absolute Gasteiger partial charge is 0.486 e. The van der Waals surface area contributed by atoms with E-state index < -0.39 is 22.0 Å². The van der Waals surface area contributed by atoms with E-state index >= 15 is 0 Å². The molecule has 0 radical (unpaired) electrons. The zero-order valence-corrected chi connectivity index (χ0v) is 22.2. The molecular formula is C27H31N3O7S. The number of carbonyl (C=O) groups excluding carboxylic acids is 1. The standard InChI is InChI=1S/C27H31N3O7S/c1-3-18-5-4-6-19(11-18)23(17-28(2)27(32)33)26(31)29-13-20-15-30(16-21(20)14-29)38(34,35)22-7-8-24-25(12-22)37-10-9-36-24/h4-8,11-12,15,21,23H,3,9-10,13-14,16-17H2,1-2H3,(H,32,33). The first kappa shape index (κ1) is 25.9. The third kappa shape index (κ3) is 4.90. The van der Waals surface area contributed by atoms with Gasteiger partial charge in [-0.05, 0) is 35.3 Å². The van der Waals surface area contributed by atoms with Crippen LogP contribution in [0, 0.1) is 5.92 Å². The molecule has 38 heavy (non-hydrogen) atoms. The molecule has 202 valence electrons. The van der Waals surface area contributed by atoms with Crippen LogP contribution in [0.3, 0.4) is 0 Å². The highest BCUT2D eigenvalue weighted by molar-refractivity contribution is 7.89. The number of carbonyl (C=O) groups is 2. The molecule has 0 bridgehead atoms. The Hall–Kier alpha value is -3.73. The number of amides is 2. The van der Waals surface area contributed by atoms with Gasteiger partial charge in [0.2, 0.25) is 5.91 Å². The summed E-state index contributed by atoms with van der Waals surface area (Å²) >= 11 is 0. The van der Waals surface area contributed by atoms with Gasteiger partial charge in [0.25, 0.3) is 10.0 Å². The second-order valence-electron chi connectivity index (χ2n) is 9.81. The van der Waals surface area contributed by atoms with Crippen LogP contribution in [0.15, 0.2) is 59.1 Å². The van der Waals surface area contributed by atoms with Crippen LogP contribution in [-0.4, -0.2) is 86.1 Å². The van der Waals surface area contributed by atoms with Crippen LogP contribution in [0.4, 0.5) is 4.79 Å². The lowest BCUT2D eigenvalue weighted by Gasteiger charge is -2.27. The topological polar surface area (TPSA) is 117 Å². The van der Waals surface area contributed by atoms with Gasteiger partial charge in [-0.3, -0.25) is 9.10 Å². The number of likely N-dealkylation sites (tertiary alicyclic amines) is 1. The second-order valence-corrected chi connectivity index (χ2v) is 11.7. The van der Waals surface area contributed by atoms with Gasteiger partial charge in [0, 0.05) is 51.4 Å².